The van der Waals surface area contributed by atoms with E-state index in [1.165, 1.54) is 13.1 Å². The van der Waals surface area contributed by atoms with Crippen molar-refractivity contribution in [1.82, 2.24) is 30.3 Å². The molecule has 2 fully saturated rings. The van der Waals surface area contributed by atoms with Crippen molar-refractivity contribution in [3.8, 4) is 5.75 Å². The average molecular weight is 592 g/mol. The van der Waals surface area contributed by atoms with E-state index in [1.54, 1.807) is 0 Å². The number of ether oxygens (including phenoxy) is 1. The van der Waals surface area contributed by atoms with Crippen LogP contribution in [0.25, 0.3) is 0 Å². The number of carboxylic acid groups (broad SMARTS) is 1. The molecule has 0 bridgehead atoms. The number of imide groups is 1. The van der Waals surface area contributed by atoms with Gasteiger partial charge in [0.1, 0.15) is 24.9 Å². The summed E-state index contributed by atoms with van der Waals surface area (Å²) in [4.78, 5) is 86.3. The number of H-pyrrole nitrogens is 1. The number of hydrogen-bond donors (Lipinski definition) is 5. The quantitative estimate of drug-likeness (QED) is 0.180. The number of hydrogen-bond acceptors (Lipinski definition) is 9. The lowest BCUT2D eigenvalue weighted by molar-refractivity contribution is -0.143. The second-order valence-electron chi connectivity index (χ2n) is 8.88. The van der Waals surface area contributed by atoms with Crippen LogP contribution in [-0.2, 0) is 25.3 Å². The predicted octanol–water partition coefficient (Wildman–Crippen LogP) is -0.153. The highest BCUT2D eigenvalue weighted by molar-refractivity contribution is 7.51. The standard InChI is InChI=1S/C23H25N6O11P/c1-13-19(25-22(34)35)21(33)29(13)41(37,38)40-12-18(31)27-7-8-28(23(27)36)26-20(32)15-9-16(30)17(10-24-15)39-11-14-5-3-2-4-6-14/h2-6,9-10,13,19,25H,7-8,11-12H2,1H3,(H,24,30)(H,26,32)(H,34,35)(H,37,38)/t13-,19-/m0/s1. The van der Waals surface area contributed by atoms with E-state index in [1.807, 2.05) is 35.6 Å². The van der Waals surface area contributed by atoms with Crippen molar-refractivity contribution in [2.75, 3.05) is 19.7 Å². The molecule has 218 valence electrons. The maximum atomic E-state index is 12.6. The van der Waals surface area contributed by atoms with Crippen molar-refractivity contribution < 1.29 is 47.8 Å². The van der Waals surface area contributed by atoms with Crippen LogP contribution in [-0.4, -0.2) is 91.2 Å². The number of carbonyl (C=O) groups is 5. The van der Waals surface area contributed by atoms with Gasteiger partial charge in [-0.1, -0.05) is 30.3 Å². The summed E-state index contributed by atoms with van der Waals surface area (Å²) in [7, 11) is -4.85. The summed E-state index contributed by atoms with van der Waals surface area (Å²) in [5.74, 6) is -2.93. The fraction of sp³-hybridized carbons (Fsp3) is 0.304. The van der Waals surface area contributed by atoms with E-state index in [9.17, 15) is 38.2 Å². The Balaban J connectivity index is 1.28. The molecule has 0 aliphatic carbocycles. The van der Waals surface area contributed by atoms with Gasteiger partial charge in [0.05, 0.1) is 19.1 Å². The first-order valence-corrected chi connectivity index (χ1v) is 13.5. The van der Waals surface area contributed by atoms with Crippen LogP contribution < -0.4 is 20.9 Å². The molecule has 2 aliphatic heterocycles. The van der Waals surface area contributed by atoms with E-state index in [-0.39, 0.29) is 31.1 Å². The summed E-state index contributed by atoms with van der Waals surface area (Å²) in [5.41, 5.74) is 2.32. The molecule has 3 heterocycles. The Hall–Kier alpha value is -4.73. The smallest absolute Gasteiger partial charge is 0.435 e. The minimum Gasteiger partial charge on any atom is -0.483 e. The highest BCUT2D eigenvalue weighted by atomic mass is 31.2. The van der Waals surface area contributed by atoms with Crippen molar-refractivity contribution in [2.45, 2.75) is 25.6 Å². The summed E-state index contributed by atoms with van der Waals surface area (Å²) in [6.07, 6.45) is -0.296. The highest BCUT2D eigenvalue weighted by Gasteiger charge is 2.54. The monoisotopic (exact) mass is 592 g/mol. The fourth-order valence-electron chi connectivity index (χ4n) is 4.05. The largest absolute Gasteiger partial charge is 0.483 e. The molecule has 2 aromatic rings. The maximum Gasteiger partial charge on any atom is 0.435 e. The molecule has 6 amide bonds. The Morgan fingerprint density at radius 1 is 1.15 bits per heavy atom. The molecule has 2 aliphatic rings. The zero-order valence-electron chi connectivity index (χ0n) is 21.4. The number of hydrazine groups is 1. The SMILES string of the molecule is C[C@H]1[C@H](NC(=O)O)C(=O)N1P(=O)(O)OCC(=O)N1CCN(NC(=O)c2cc(=O)c(OCc3ccccc3)c[nH]2)C1=O. The Kier molecular flexibility index (Phi) is 8.41. The van der Waals surface area contributed by atoms with Gasteiger partial charge in [-0.3, -0.25) is 34.0 Å². The molecule has 2 saturated heterocycles. The summed E-state index contributed by atoms with van der Waals surface area (Å²) in [6, 6.07) is 6.84. The van der Waals surface area contributed by atoms with E-state index in [4.69, 9.17) is 14.4 Å². The van der Waals surface area contributed by atoms with Crippen molar-refractivity contribution in [2.24, 2.45) is 0 Å². The third kappa shape index (κ3) is 6.37. The molecule has 3 atom stereocenters. The van der Waals surface area contributed by atoms with Gasteiger partial charge in [-0.2, -0.15) is 0 Å². The fourth-order valence-corrected chi connectivity index (χ4v) is 5.42. The summed E-state index contributed by atoms with van der Waals surface area (Å²) in [5, 5.41) is 11.4. The minimum atomic E-state index is -4.85. The topological polar surface area (TPSA) is 228 Å². The van der Waals surface area contributed by atoms with E-state index in [2.05, 4.69) is 10.4 Å². The minimum absolute atomic E-state index is 0.0245. The lowest BCUT2D eigenvalue weighted by Gasteiger charge is -2.45. The van der Waals surface area contributed by atoms with Gasteiger partial charge in [0.15, 0.2) is 5.75 Å². The van der Waals surface area contributed by atoms with Crippen molar-refractivity contribution in [3.63, 3.8) is 0 Å². The number of pyridine rings is 1. The molecular formula is C23H25N6O11P. The zero-order chi connectivity index (χ0) is 29.9. The molecule has 1 unspecified atom stereocenters. The number of rotatable bonds is 10. The van der Waals surface area contributed by atoms with Gasteiger partial charge in [-0.15, -0.1) is 0 Å². The number of nitrogens with zero attached hydrogens (tertiary/aromatic N) is 3. The average Bonchev–Trinajstić information content (AvgIpc) is 3.29. The highest BCUT2D eigenvalue weighted by Crippen LogP contribution is 2.52. The molecule has 0 radical (unpaired) electrons. The van der Waals surface area contributed by atoms with Crippen molar-refractivity contribution in [3.05, 3.63) is 64.1 Å². The van der Waals surface area contributed by atoms with Gasteiger partial charge in [0, 0.05) is 12.3 Å². The van der Waals surface area contributed by atoms with Crippen LogP contribution in [0, 0.1) is 0 Å². The number of aromatic amines is 1. The molecule has 41 heavy (non-hydrogen) atoms. The third-order valence-corrected chi connectivity index (χ3v) is 7.74. The van der Waals surface area contributed by atoms with E-state index in [0.717, 1.165) is 16.6 Å². The molecule has 1 aromatic carbocycles. The Morgan fingerprint density at radius 3 is 2.49 bits per heavy atom. The number of β-lactam (4-membered cyclic amide) rings is 1. The number of benzene rings is 1. The lowest BCUT2D eigenvalue weighted by Crippen LogP contribution is -2.68. The molecule has 4 rings (SSSR count). The van der Waals surface area contributed by atoms with Gasteiger partial charge in [-0.25, -0.2) is 23.8 Å². The van der Waals surface area contributed by atoms with Crippen LogP contribution in [0.2, 0.25) is 0 Å². The first kappa shape index (κ1) is 29.3. The molecule has 0 spiro atoms. The van der Waals surface area contributed by atoms with E-state index in [0.29, 0.717) is 9.57 Å². The van der Waals surface area contributed by atoms with E-state index >= 15 is 0 Å². The van der Waals surface area contributed by atoms with Crippen LogP contribution in [0.5, 0.6) is 5.75 Å². The number of aromatic nitrogens is 1. The molecule has 5 N–H and O–H groups in total. The molecule has 18 heteroatoms. The van der Waals surface area contributed by atoms with Crippen LogP contribution in [0.1, 0.15) is 23.0 Å². The molecule has 1 aromatic heterocycles. The second kappa shape index (κ2) is 11.8. The molecular weight excluding hydrogens is 567 g/mol. The number of amides is 6. The lowest BCUT2D eigenvalue weighted by atomic mass is 10.0. The van der Waals surface area contributed by atoms with Crippen LogP contribution in [0.3, 0.4) is 0 Å². The predicted molar refractivity (Wildman–Crippen MR) is 136 cm³/mol. The van der Waals surface area contributed by atoms with Crippen LogP contribution >= 0.6 is 7.75 Å². The second-order valence-corrected chi connectivity index (χ2v) is 10.6. The number of carbonyl (C=O) groups excluding carboxylic acids is 4. The Labute approximate surface area is 231 Å². The maximum absolute atomic E-state index is 12.6. The first-order chi connectivity index (χ1) is 19.4. The Bertz CT molecular complexity index is 1480. The van der Waals surface area contributed by atoms with Crippen LogP contribution in [0.4, 0.5) is 9.59 Å². The molecule has 17 nitrogen and oxygen atoms in total. The number of nitrogens with one attached hydrogen (secondary N) is 3. The summed E-state index contributed by atoms with van der Waals surface area (Å²) < 4.78 is 23.1. The van der Waals surface area contributed by atoms with Crippen molar-refractivity contribution in [1.29, 1.82) is 0 Å². The van der Waals surface area contributed by atoms with Crippen molar-refractivity contribution >= 4 is 37.6 Å². The van der Waals surface area contributed by atoms with E-state index < -0.39 is 61.7 Å². The normalized spacial score (nSPS) is 19.8. The Morgan fingerprint density at radius 2 is 1.85 bits per heavy atom. The first-order valence-electron chi connectivity index (χ1n) is 12.0. The van der Waals surface area contributed by atoms with Crippen LogP contribution in [0.15, 0.2) is 47.4 Å². The molecule has 0 saturated carbocycles. The number of urea groups is 1. The van der Waals surface area contributed by atoms with Gasteiger partial charge < -0.3 is 25.0 Å². The summed E-state index contributed by atoms with van der Waals surface area (Å²) in [6.45, 7) is 0.0296. The van der Waals surface area contributed by atoms with Gasteiger partial charge in [-0.05, 0) is 12.5 Å². The van der Waals surface area contributed by atoms with Gasteiger partial charge in [0.25, 0.3) is 17.7 Å². The summed E-state index contributed by atoms with van der Waals surface area (Å²) >= 11 is 0. The zero-order valence-corrected chi connectivity index (χ0v) is 22.3. The van der Waals surface area contributed by atoms with Gasteiger partial charge >= 0.3 is 19.9 Å². The third-order valence-electron chi connectivity index (χ3n) is 6.17. The van der Waals surface area contributed by atoms with Gasteiger partial charge in [0.2, 0.25) is 5.43 Å².